The molecule has 0 unspecified atom stereocenters. The van der Waals surface area contributed by atoms with Crippen molar-refractivity contribution in [3.63, 3.8) is 0 Å². The number of aryl methyl sites for hydroxylation is 1. The van der Waals surface area contributed by atoms with Crippen molar-refractivity contribution in [2.45, 2.75) is 6.92 Å². The van der Waals surface area contributed by atoms with E-state index >= 15 is 0 Å². The van der Waals surface area contributed by atoms with Crippen molar-refractivity contribution >= 4 is 16.7 Å². The summed E-state index contributed by atoms with van der Waals surface area (Å²) in [6.45, 7) is 3.17. The second-order valence-corrected chi connectivity index (χ2v) is 5.37. The molecule has 118 valence electrons. The van der Waals surface area contributed by atoms with Gasteiger partial charge in [-0.25, -0.2) is 14.4 Å². The molecule has 0 aliphatic rings. The maximum atomic E-state index is 13.8. The van der Waals surface area contributed by atoms with E-state index in [2.05, 4.69) is 9.97 Å². The summed E-state index contributed by atoms with van der Waals surface area (Å²) < 4.78 is 19.6. The zero-order valence-corrected chi connectivity index (χ0v) is 13.2. The van der Waals surface area contributed by atoms with E-state index in [1.165, 1.54) is 12.4 Å². The van der Waals surface area contributed by atoms with E-state index < -0.39 is 0 Å². The van der Waals surface area contributed by atoms with E-state index in [-0.39, 0.29) is 5.82 Å². The molecule has 3 rings (SSSR count). The standard InChI is InChI=1S/C18H18FN3O/c1-13-6-3-4-9-16(13)23-11-10-22(2)18-14-7-5-8-15(19)17(14)20-12-21-18/h3-9,12H,10-11H2,1-2H3. The van der Waals surface area contributed by atoms with E-state index in [9.17, 15) is 4.39 Å². The predicted octanol–water partition coefficient (Wildman–Crippen LogP) is 3.59. The molecule has 0 saturated heterocycles. The van der Waals surface area contributed by atoms with Crippen LogP contribution in [-0.2, 0) is 0 Å². The molecule has 0 aliphatic carbocycles. The van der Waals surface area contributed by atoms with Crippen LogP contribution >= 0.6 is 0 Å². The number of hydrogen-bond acceptors (Lipinski definition) is 4. The molecule has 0 atom stereocenters. The van der Waals surface area contributed by atoms with Crippen LogP contribution in [0.5, 0.6) is 5.75 Å². The average Bonchev–Trinajstić information content (AvgIpc) is 2.56. The third-order valence-electron chi connectivity index (χ3n) is 3.73. The van der Waals surface area contributed by atoms with Crippen LogP contribution in [0, 0.1) is 12.7 Å². The monoisotopic (exact) mass is 311 g/mol. The van der Waals surface area contributed by atoms with Crippen LogP contribution in [0.25, 0.3) is 10.9 Å². The first-order valence-electron chi connectivity index (χ1n) is 7.45. The van der Waals surface area contributed by atoms with Crippen LogP contribution in [0.1, 0.15) is 5.56 Å². The van der Waals surface area contributed by atoms with Crippen molar-refractivity contribution in [1.82, 2.24) is 9.97 Å². The largest absolute Gasteiger partial charge is 0.491 e. The zero-order valence-electron chi connectivity index (χ0n) is 13.2. The number of likely N-dealkylation sites (N-methyl/N-ethyl adjacent to an activating group) is 1. The van der Waals surface area contributed by atoms with E-state index in [0.29, 0.717) is 29.9 Å². The highest BCUT2D eigenvalue weighted by molar-refractivity contribution is 5.89. The molecule has 2 aromatic carbocycles. The van der Waals surface area contributed by atoms with Gasteiger partial charge in [0.05, 0.1) is 6.54 Å². The second-order valence-electron chi connectivity index (χ2n) is 5.37. The SMILES string of the molecule is Cc1ccccc1OCCN(C)c1ncnc2c(F)cccc12. The molecule has 0 amide bonds. The van der Waals surface area contributed by atoms with Gasteiger partial charge in [-0.15, -0.1) is 0 Å². The number of rotatable bonds is 5. The van der Waals surface area contributed by atoms with Gasteiger partial charge >= 0.3 is 0 Å². The number of anilines is 1. The van der Waals surface area contributed by atoms with Crippen molar-refractivity contribution in [3.05, 3.63) is 60.2 Å². The van der Waals surface area contributed by atoms with Gasteiger partial charge in [0.2, 0.25) is 0 Å². The van der Waals surface area contributed by atoms with Crippen molar-refractivity contribution < 1.29 is 9.13 Å². The Hall–Kier alpha value is -2.69. The normalized spacial score (nSPS) is 10.7. The lowest BCUT2D eigenvalue weighted by molar-refractivity contribution is 0.323. The van der Waals surface area contributed by atoms with E-state index in [4.69, 9.17) is 4.74 Å². The predicted molar refractivity (Wildman–Crippen MR) is 89.4 cm³/mol. The Balaban J connectivity index is 1.73. The number of ether oxygens (including phenoxy) is 1. The van der Waals surface area contributed by atoms with Crippen LogP contribution in [0.15, 0.2) is 48.8 Å². The second kappa shape index (κ2) is 6.60. The molecule has 0 N–H and O–H groups in total. The lowest BCUT2D eigenvalue weighted by Crippen LogP contribution is -2.25. The molecule has 23 heavy (non-hydrogen) atoms. The summed E-state index contributed by atoms with van der Waals surface area (Å²) in [6, 6.07) is 12.8. The maximum absolute atomic E-state index is 13.8. The summed E-state index contributed by atoms with van der Waals surface area (Å²) in [7, 11) is 1.91. The fourth-order valence-electron chi connectivity index (χ4n) is 2.46. The van der Waals surface area contributed by atoms with Gasteiger partial charge in [0, 0.05) is 12.4 Å². The summed E-state index contributed by atoms with van der Waals surface area (Å²) in [4.78, 5) is 10.2. The Kier molecular flexibility index (Phi) is 4.37. The number of benzene rings is 2. The highest BCUT2D eigenvalue weighted by Gasteiger charge is 2.11. The van der Waals surface area contributed by atoms with Crippen LogP contribution in [0.2, 0.25) is 0 Å². The van der Waals surface area contributed by atoms with Gasteiger partial charge in [0.1, 0.15) is 35.8 Å². The van der Waals surface area contributed by atoms with E-state index in [1.54, 1.807) is 6.07 Å². The topological polar surface area (TPSA) is 38.2 Å². The van der Waals surface area contributed by atoms with Crippen LogP contribution in [0.4, 0.5) is 10.2 Å². The van der Waals surface area contributed by atoms with Crippen molar-refractivity contribution in [1.29, 1.82) is 0 Å². The molecule has 1 heterocycles. The highest BCUT2D eigenvalue weighted by Crippen LogP contribution is 2.23. The fraction of sp³-hybridized carbons (Fsp3) is 0.222. The number of hydrogen-bond donors (Lipinski definition) is 0. The molecule has 0 radical (unpaired) electrons. The minimum Gasteiger partial charge on any atom is -0.491 e. The first kappa shape index (κ1) is 15.2. The van der Waals surface area contributed by atoms with E-state index in [1.807, 2.05) is 49.2 Å². The molecular formula is C18H18FN3O. The van der Waals surface area contributed by atoms with Gasteiger partial charge in [0.15, 0.2) is 0 Å². The van der Waals surface area contributed by atoms with E-state index in [0.717, 1.165) is 11.3 Å². The Morgan fingerprint density at radius 1 is 1.09 bits per heavy atom. The molecule has 0 spiro atoms. The van der Waals surface area contributed by atoms with Crippen molar-refractivity contribution in [3.8, 4) is 5.75 Å². The minimum absolute atomic E-state index is 0.337. The van der Waals surface area contributed by atoms with Crippen LogP contribution in [-0.4, -0.2) is 30.2 Å². The summed E-state index contributed by atoms with van der Waals surface area (Å²) in [5.74, 6) is 1.23. The summed E-state index contributed by atoms with van der Waals surface area (Å²) in [5, 5.41) is 0.700. The summed E-state index contributed by atoms with van der Waals surface area (Å²) in [5.41, 5.74) is 1.44. The van der Waals surface area contributed by atoms with Crippen LogP contribution in [0.3, 0.4) is 0 Å². The number of aromatic nitrogens is 2. The maximum Gasteiger partial charge on any atom is 0.149 e. The van der Waals surface area contributed by atoms with Crippen molar-refractivity contribution in [2.75, 3.05) is 25.1 Å². The van der Waals surface area contributed by atoms with Gasteiger partial charge in [-0.2, -0.15) is 0 Å². The highest BCUT2D eigenvalue weighted by atomic mass is 19.1. The number of para-hydroxylation sites is 2. The van der Waals surface area contributed by atoms with Crippen LogP contribution < -0.4 is 9.64 Å². The van der Waals surface area contributed by atoms with Gasteiger partial charge in [0.25, 0.3) is 0 Å². The Labute approximate surface area is 134 Å². The molecule has 0 fully saturated rings. The van der Waals surface area contributed by atoms with Gasteiger partial charge < -0.3 is 9.64 Å². The molecule has 0 aliphatic heterocycles. The lowest BCUT2D eigenvalue weighted by Gasteiger charge is -2.20. The Morgan fingerprint density at radius 3 is 2.74 bits per heavy atom. The Morgan fingerprint density at radius 2 is 1.91 bits per heavy atom. The molecule has 1 aromatic heterocycles. The third kappa shape index (κ3) is 3.23. The summed E-state index contributed by atoms with van der Waals surface area (Å²) >= 11 is 0. The minimum atomic E-state index is -0.337. The first-order chi connectivity index (χ1) is 11.2. The lowest BCUT2D eigenvalue weighted by atomic mass is 10.2. The molecule has 0 saturated carbocycles. The molecule has 3 aromatic rings. The Bertz CT molecular complexity index is 822. The molecule has 0 bridgehead atoms. The zero-order chi connectivity index (χ0) is 16.2. The fourth-order valence-corrected chi connectivity index (χ4v) is 2.46. The van der Waals surface area contributed by atoms with Gasteiger partial charge in [-0.05, 0) is 30.7 Å². The smallest absolute Gasteiger partial charge is 0.149 e. The number of fused-ring (bicyclic) bond motifs is 1. The molecular weight excluding hydrogens is 293 g/mol. The average molecular weight is 311 g/mol. The number of nitrogens with zero attached hydrogens (tertiary/aromatic N) is 3. The van der Waals surface area contributed by atoms with Crippen molar-refractivity contribution in [2.24, 2.45) is 0 Å². The summed E-state index contributed by atoms with van der Waals surface area (Å²) in [6.07, 6.45) is 1.39. The quantitative estimate of drug-likeness (QED) is 0.722. The first-order valence-corrected chi connectivity index (χ1v) is 7.45. The van der Waals surface area contributed by atoms with Gasteiger partial charge in [-0.3, -0.25) is 0 Å². The molecule has 5 heteroatoms. The van der Waals surface area contributed by atoms with Gasteiger partial charge in [-0.1, -0.05) is 24.3 Å². The third-order valence-corrected chi connectivity index (χ3v) is 3.73. The number of halogens is 1. The molecule has 4 nitrogen and oxygen atoms in total.